The third-order valence-electron chi connectivity index (χ3n) is 4.52. The summed E-state index contributed by atoms with van der Waals surface area (Å²) in [7, 11) is 0. The van der Waals surface area contributed by atoms with Crippen molar-refractivity contribution in [1.29, 1.82) is 0 Å². The number of nitrogens with zero attached hydrogens (tertiary/aromatic N) is 3. The summed E-state index contributed by atoms with van der Waals surface area (Å²) < 4.78 is 5.74. The number of fused-ring (bicyclic) bond motifs is 2. The summed E-state index contributed by atoms with van der Waals surface area (Å²) in [5.41, 5.74) is 3.61. The molecule has 0 fully saturated rings. The Balaban J connectivity index is 1.41. The first-order chi connectivity index (χ1) is 13.9. The summed E-state index contributed by atoms with van der Waals surface area (Å²) in [5, 5.41) is 4.25. The molecule has 5 rings (SSSR count). The van der Waals surface area contributed by atoms with Crippen LogP contribution in [-0.2, 0) is 0 Å². The van der Waals surface area contributed by atoms with Crippen molar-refractivity contribution in [3.63, 3.8) is 0 Å². The van der Waals surface area contributed by atoms with Gasteiger partial charge in [-0.25, -0.2) is 15.0 Å². The molecule has 0 bridgehead atoms. The molecule has 0 amide bonds. The molecule has 3 heterocycles. The molecule has 3 N–H and O–H groups in total. The molecule has 0 radical (unpaired) electrons. The van der Waals surface area contributed by atoms with Gasteiger partial charge in [-0.2, -0.15) is 0 Å². The van der Waals surface area contributed by atoms with Gasteiger partial charge < -0.3 is 20.0 Å². The second-order valence-corrected chi connectivity index (χ2v) is 6.34. The smallest absolute Gasteiger partial charge is 0.143 e. The minimum atomic E-state index is 0.528. The minimum absolute atomic E-state index is 0.528. The van der Waals surface area contributed by atoms with Gasteiger partial charge in [-0.1, -0.05) is 30.3 Å². The van der Waals surface area contributed by atoms with Crippen LogP contribution in [0.15, 0.2) is 67.1 Å². The van der Waals surface area contributed by atoms with Crippen LogP contribution in [0.2, 0.25) is 0 Å². The number of aromatic amines is 2. The van der Waals surface area contributed by atoms with Crippen molar-refractivity contribution >= 4 is 27.9 Å². The van der Waals surface area contributed by atoms with Gasteiger partial charge in [0.2, 0.25) is 0 Å². The van der Waals surface area contributed by atoms with Crippen molar-refractivity contribution in [1.82, 2.24) is 24.9 Å². The van der Waals surface area contributed by atoms with Gasteiger partial charge in [-0.3, -0.25) is 0 Å². The SMILES string of the molecule is c1ccc(OCCNc2ncnc3[nH]cc(-c4nc5ccccc5[nH]4)c23)cc1. The number of rotatable bonds is 6. The van der Waals surface area contributed by atoms with E-state index in [2.05, 4.69) is 25.3 Å². The molecular formula is C21H18N6O. The van der Waals surface area contributed by atoms with Crippen LogP contribution < -0.4 is 10.1 Å². The highest BCUT2D eigenvalue weighted by Gasteiger charge is 2.15. The monoisotopic (exact) mass is 370 g/mol. The van der Waals surface area contributed by atoms with Gasteiger partial charge >= 0.3 is 0 Å². The van der Waals surface area contributed by atoms with E-state index in [1.54, 1.807) is 6.33 Å². The molecule has 28 heavy (non-hydrogen) atoms. The summed E-state index contributed by atoms with van der Waals surface area (Å²) in [4.78, 5) is 20.0. The molecule has 7 heteroatoms. The molecule has 0 aliphatic rings. The molecule has 0 aliphatic heterocycles. The Bertz CT molecular complexity index is 1190. The predicted molar refractivity (Wildman–Crippen MR) is 109 cm³/mol. The van der Waals surface area contributed by atoms with Crippen LogP contribution in [0.4, 0.5) is 5.82 Å². The topological polar surface area (TPSA) is 91.5 Å². The third-order valence-corrected chi connectivity index (χ3v) is 4.52. The van der Waals surface area contributed by atoms with Gasteiger partial charge in [0.25, 0.3) is 0 Å². The lowest BCUT2D eigenvalue weighted by Gasteiger charge is -2.09. The highest BCUT2D eigenvalue weighted by molar-refractivity contribution is 6.00. The van der Waals surface area contributed by atoms with E-state index < -0.39 is 0 Å². The maximum atomic E-state index is 5.74. The van der Waals surface area contributed by atoms with Crippen molar-refractivity contribution in [3.05, 3.63) is 67.1 Å². The van der Waals surface area contributed by atoms with Gasteiger partial charge in [0.05, 0.1) is 23.0 Å². The average molecular weight is 370 g/mol. The fourth-order valence-electron chi connectivity index (χ4n) is 3.22. The molecule has 0 unspecified atom stereocenters. The Morgan fingerprint density at radius 2 is 1.82 bits per heavy atom. The molecule has 0 spiro atoms. The van der Waals surface area contributed by atoms with Crippen molar-refractivity contribution < 1.29 is 4.74 Å². The molecule has 0 saturated carbocycles. The summed E-state index contributed by atoms with van der Waals surface area (Å²) in [6, 6.07) is 17.7. The van der Waals surface area contributed by atoms with E-state index >= 15 is 0 Å². The zero-order valence-electron chi connectivity index (χ0n) is 15.0. The molecule has 0 atom stereocenters. The second kappa shape index (κ2) is 7.03. The van der Waals surface area contributed by atoms with E-state index in [1.807, 2.05) is 60.8 Å². The third kappa shape index (κ3) is 3.03. The number of ether oxygens (including phenoxy) is 1. The Hall–Kier alpha value is -3.87. The molecular weight excluding hydrogens is 352 g/mol. The standard InChI is InChI=1S/C21H18N6O/c1-2-6-14(7-3-1)28-11-10-22-20-18-15(12-23-21(18)25-13-24-20)19-26-16-8-4-5-9-17(16)27-19/h1-9,12-13H,10-11H2,(H,26,27)(H2,22,23,24,25). The molecule has 3 aromatic heterocycles. The summed E-state index contributed by atoms with van der Waals surface area (Å²) in [6.07, 6.45) is 3.45. The maximum Gasteiger partial charge on any atom is 0.143 e. The molecule has 0 aliphatic carbocycles. The van der Waals surface area contributed by atoms with E-state index in [4.69, 9.17) is 9.72 Å². The Labute approximate surface area is 160 Å². The van der Waals surface area contributed by atoms with Crippen molar-refractivity contribution in [2.75, 3.05) is 18.5 Å². The van der Waals surface area contributed by atoms with E-state index in [1.165, 1.54) is 0 Å². The second-order valence-electron chi connectivity index (χ2n) is 6.34. The first kappa shape index (κ1) is 16.3. The fraction of sp³-hybridized carbons (Fsp3) is 0.0952. The van der Waals surface area contributed by atoms with E-state index in [9.17, 15) is 0 Å². The predicted octanol–water partition coefficient (Wildman–Crippen LogP) is 3.99. The number of H-pyrrole nitrogens is 2. The number of benzene rings is 2. The first-order valence-corrected chi connectivity index (χ1v) is 9.07. The fourth-order valence-corrected chi connectivity index (χ4v) is 3.22. The van der Waals surface area contributed by atoms with Crippen molar-refractivity contribution in [3.8, 4) is 17.1 Å². The van der Waals surface area contributed by atoms with Crippen LogP contribution in [0, 0.1) is 0 Å². The molecule has 5 aromatic rings. The quantitative estimate of drug-likeness (QED) is 0.393. The van der Waals surface area contributed by atoms with Crippen LogP contribution in [-0.4, -0.2) is 38.1 Å². The highest BCUT2D eigenvalue weighted by Crippen LogP contribution is 2.31. The van der Waals surface area contributed by atoms with Crippen LogP contribution in [0.1, 0.15) is 0 Å². The summed E-state index contributed by atoms with van der Waals surface area (Å²) in [5.74, 6) is 2.38. The van der Waals surface area contributed by atoms with Gasteiger partial charge in [-0.05, 0) is 24.3 Å². The highest BCUT2D eigenvalue weighted by atomic mass is 16.5. The van der Waals surface area contributed by atoms with Crippen LogP contribution in [0.5, 0.6) is 5.75 Å². The van der Waals surface area contributed by atoms with Crippen molar-refractivity contribution in [2.24, 2.45) is 0 Å². The van der Waals surface area contributed by atoms with Crippen LogP contribution in [0.3, 0.4) is 0 Å². The number of aromatic nitrogens is 5. The average Bonchev–Trinajstić information content (AvgIpc) is 3.36. The Morgan fingerprint density at radius 3 is 2.71 bits per heavy atom. The maximum absolute atomic E-state index is 5.74. The van der Waals surface area contributed by atoms with E-state index in [0.29, 0.717) is 13.2 Å². The van der Waals surface area contributed by atoms with E-state index in [0.717, 1.165) is 45.0 Å². The molecule has 138 valence electrons. The lowest BCUT2D eigenvalue weighted by Crippen LogP contribution is -2.12. The number of hydrogen-bond donors (Lipinski definition) is 3. The van der Waals surface area contributed by atoms with Gasteiger partial charge in [0.1, 0.15) is 36.0 Å². The number of anilines is 1. The van der Waals surface area contributed by atoms with Gasteiger partial charge in [0, 0.05) is 11.8 Å². The number of nitrogens with one attached hydrogen (secondary N) is 3. The number of para-hydroxylation sites is 3. The Morgan fingerprint density at radius 1 is 0.964 bits per heavy atom. The minimum Gasteiger partial charge on any atom is -0.492 e. The van der Waals surface area contributed by atoms with Gasteiger partial charge in [0.15, 0.2) is 0 Å². The summed E-state index contributed by atoms with van der Waals surface area (Å²) >= 11 is 0. The first-order valence-electron chi connectivity index (χ1n) is 9.07. The summed E-state index contributed by atoms with van der Waals surface area (Å²) in [6.45, 7) is 1.14. The zero-order chi connectivity index (χ0) is 18.8. The Kier molecular flexibility index (Phi) is 4.10. The number of hydrogen-bond acceptors (Lipinski definition) is 5. The largest absolute Gasteiger partial charge is 0.492 e. The van der Waals surface area contributed by atoms with Crippen LogP contribution >= 0.6 is 0 Å². The molecule has 0 saturated heterocycles. The molecule has 7 nitrogen and oxygen atoms in total. The normalized spacial score (nSPS) is 11.1. The number of imidazole rings is 1. The lowest BCUT2D eigenvalue weighted by molar-refractivity contribution is 0.333. The lowest BCUT2D eigenvalue weighted by atomic mass is 10.2. The van der Waals surface area contributed by atoms with Crippen LogP contribution in [0.25, 0.3) is 33.5 Å². The zero-order valence-corrected chi connectivity index (χ0v) is 15.0. The van der Waals surface area contributed by atoms with Gasteiger partial charge in [-0.15, -0.1) is 0 Å². The van der Waals surface area contributed by atoms with Crippen molar-refractivity contribution in [2.45, 2.75) is 0 Å². The molecule has 2 aromatic carbocycles. The van der Waals surface area contributed by atoms with E-state index in [-0.39, 0.29) is 0 Å².